The zero-order chi connectivity index (χ0) is 21.5. The summed E-state index contributed by atoms with van der Waals surface area (Å²) in [5.41, 5.74) is 2.00. The summed E-state index contributed by atoms with van der Waals surface area (Å²) in [5.74, 6) is -2.50. The quantitative estimate of drug-likeness (QED) is 0.464. The van der Waals surface area contributed by atoms with Gasteiger partial charge in [-0.15, -0.1) is 11.3 Å². The first-order valence-electron chi connectivity index (χ1n) is 8.91. The number of aromatic nitrogens is 1. The number of hydrogen-bond donors (Lipinski definition) is 2. The highest BCUT2D eigenvalue weighted by Crippen LogP contribution is 2.38. The summed E-state index contributed by atoms with van der Waals surface area (Å²) in [6, 6.07) is 7.29. The zero-order valence-corrected chi connectivity index (χ0v) is 17.0. The summed E-state index contributed by atoms with van der Waals surface area (Å²) in [6.07, 6.45) is -0.205. The fourth-order valence-electron chi connectivity index (χ4n) is 3.50. The lowest BCUT2D eigenvalue weighted by Gasteiger charge is -2.34. The van der Waals surface area contributed by atoms with Crippen molar-refractivity contribution in [3.63, 3.8) is 0 Å². The average molecular weight is 454 g/mol. The van der Waals surface area contributed by atoms with Crippen LogP contribution < -0.4 is 5.48 Å². The number of carbonyl (C=O) groups excluding carboxylic acids is 1. The maximum absolute atomic E-state index is 14.1. The van der Waals surface area contributed by atoms with Crippen molar-refractivity contribution in [3.8, 4) is 10.6 Å². The molecule has 1 aliphatic heterocycles. The van der Waals surface area contributed by atoms with Crippen LogP contribution in [0.3, 0.4) is 0 Å². The van der Waals surface area contributed by atoms with Crippen molar-refractivity contribution < 1.29 is 31.9 Å². The number of sulfone groups is 1. The van der Waals surface area contributed by atoms with Gasteiger partial charge in [0.25, 0.3) is 5.91 Å². The third-order valence-corrected chi connectivity index (χ3v) is 8.71. The molecular formula is C19H16F2N2O5S2. The van der Waals surface area contributed by atoms with Crippen LogP contribution >= 0.6 is 11.3 Å². The molecule has 0 atom stereocenters. The highest BCUT2D eigenvalue weighted by atomic mass is 32.2. The van der Waals surface area contributed by atoms with E-state index in [2.05, 4.69) is 4.98 Å². The molecule has 1 fully saturated rings. The molecule has 7 nitrogen and oxygen atoms in total. The fourth-order valence-corrected chi connectivity index (χ4v) is 6.57. The van der Waals surface area contributed by atoms with E-state index in [0.717, 1.165) is 23.5 Å². The van der Waals surface area contributed by atoms with Crippen LogP contribution in [0.1, 0.15) is 12.8 Å². The summed E-state index contributed by atoms with van der Waals surface area (Å²) < 4.78 is 57.8. The number of fused-ring (bicyclic) bond motifs is 1. The second-order valence-electron chi connectivity index (χ2n) is 6.82. The normalized spacial score (nSPS) is 16.5. The van der Waals surface area contributed by atoms with E-state index in [4.69, 9.17) is 9.94 Å². The van der Waals surface area contributed by atoms with Gasteiger partial charge in [0.05, 0.1) is 15.1 Å². The molecule has 1 saturated heterocycles. The van der Waals surface area contributed by atoms with Crippen molar-refractivity contribution in [1.82, 2.24) is 10.5 Å². The first-order chi connectivity index (χ1) is 14.3. The Morgan fingerprint density at radius 2 is 1.90 bits per heavy atom. The second kappa shape index (κ2) is 7.65. The zero-order valence-electron chi connectivity index (χ0n) is 15.4. The standard InChI is InChI=1S/C19H16F2N2O5S2/c20-11-1-3-13(14(21)9-11)17-22-15-4-2-12(10-16(15)29-17)30(26,27)19(18(24)23-25)5-7-28-8-6-19/h1-4,9-10,25H,5-8H2,(H,23,24). The van der Waals surface area contributed by atoms with Gasteiger partial charge in [-0.1, -0.05) is 0 Å². The first kappa shape index (κ1) is 20.8. The monoisotopic (exact) mass is 454 g/mol. The molecule has 0 aliphatic carbocycles. The van der Waals surface area contributed by atoms with Gasteiger partial charge >= 0.3 is 0 Å². The van der Waals surface area contributed by atoms with Crippen molar-refractivity contribution in [2.24, 2.45) is 0 Å². The van der Waals surface area contributed by atoms with E-state index < -0.39 is 32.1 Å². The third-order valence-electron chi connectivity index (χ3n) is 5.16. The van der Waals surface area contributed by atoms with E-state index >= 15 is 0 Å². The van der Waals surface area contributed by atoms with E-state index in [-0.39, 0.29) is 41.5 Å². The number of halogens is 2. The van der Waals surface area contributed by atoms with Gasteiger partial charge in [0.15, 0.2) is 14.6 Å². The molecule has 11 heteroatoms. The van der Waals surface area contributed by atoms with Gasteiger partial charge in [-0.3, -0.25) is 10.0 Å². The topological polar surface area (TPSA) is 106 Å². The Bertz CT molecular complexity index is 1240. The molecule has 1 amide bonds. The van der Waals surface area contributed by atoms with E-state index in [1.54, 1.807) is 0 Å². The third kappa shape index (κ3) is 3.27. The van der Waals surface area contributed by atoms with E-state index in [9.17, 15) is 22.0 Å². The van der Waals surface area contributed by atoms with Crippen LogP contribution in [0.5, 0.6) is 0 Å². The molecule has 0 spiro atoms. The highest BCUT2D eigenvalue weighted by molar-refractivity contribution is 7.93. The van der Waals surface area contributed by atoms with Crippen LogP contribution in [0.2, 0.25) is 0 Å². The molecule has 1 aromatic heterocycles. The minimum atomic E-state index is -4.19. The van der Waals surface area contributed by atoms with Gasteiger partial charge in [-0.05, 0) is 43.2 Å². The number of carbonyl (C=O) groups is 1. The smallest absolute Gasteiger partial charge is 0.265 e. The molecule has 2 N–H and O–H groups in total. The van der Waals surface area contributed by atoms with Crippen LogP contribution in [-0.4, -0.2) is 42.5 Å². The van der Waals surface area contributed by atoms with E-state index in [1.807, 2.05) is 0 Å². The first-order valence-corrected chi connectivity index (χ1v) is 11.2. The minimum Gasteiger partial charge on any atom is -0.381 e. The van der Waals surface area contributed by atoms with Crippen molar-refractivity contribution in [2.45, 2.75) is 22.5 Å². The molecule has 30 heavy (non-hydrogen) atoms. The van der Waals surface area contributed by atoms with Crippen molar-refractivity contribution in [3.05, 3.63) is 48.0 Å². The minimum absolute atomic E-state index is 0.0590. The van der Waals surface area contributed by atoms with Crippen molar-refractivity contribution in [1.29, 1.82) is 0 Å². The van der Waals surface area contributed by atoms with E-state index in [1.165, 1.54) is 29.7 Å². The number of thiazole rings is 1. The number of benzene rings is 2. The largest absolute Gasteiger partial charge is 0.381 e. The SMILES string of the molecule is O=C(NO)C1(S(=O)(=O)c2ccc3nc(-c4ccc(F)cc4F)sc3c2)CCOCC1. The summed E-state index contributed by atoms with van der Waals surface area (Å²) in [6.45, 7) is 0.118. The number of hydrogen-bond acceptors (Lipinski definition) is 7. The number of ether oxygens (including phenoxy) is 1. The summed E-state index contributed by atoms with van der Waals surface area (Å²) in [5, 5.41) is 9.40. The van der Waals surface area contributed by atoms with Crippen molar-refractivity contribution >= 4 is 37.3 Å². The van der Waals surface area contributed by atoms with Crippen LogP contribution in [0.4, 0.5) is 8.78 Å². The molecule has 0 radical (unpaired) electrons. The highest BCUT2D eigenvalue weighted by Gasteiger charge is 2.52. The van der Waals surface area contributed by atoms with Gasteiger partial charge in [-0.2, -0.15) is 0 Å². The molecule has 4 rings (SSSR count). The molecule has 2 aromatic carbocycles. The van der Waals surface area contributed by atoms with Gasteiger partial charge in [0.1, 0.15) is 16.6 Å². The van der Waals surface area contributed by atoms with Crippen LogP contribution in [0, 0.1) is 11.6 Å². The molecule has 2 heterocycles. The molecule has 0 bridgehead atoms. The molecule has 1 aliphatic rings. The van der Waals surface area contributed by atoms with Gasteiger partial charge in [0, 0.05) is 24.8 Å². The summed E-state index contributed by atoms with van der Waals surface area (Å²) in [4.78, 5) is 16.5. The Morgan fingerprint density at radius 1 is 1.17 bits per heavy atom. The second-order valence-corrected chi connectivity index (χ2v) is 10.1. The Morgan fingerprint density at radius 3 is 2.57 bits per heavy atom. The average Bonchev–Trinajstić information content (AvgIpc) is 3.16. The number of hydroxylamine groups is 1. The lowest BCUT2D eigenvalue weighted by atomic mass is 9.98. The number of nitrogens with zero attached hydrogens (tertiary/aromatic N) is 1. The predicted molar refractivity (Wildman–Crippen MR) is 105 cm³/mol. The van der Waals surface area contributed by atoms with Crippen LogP contribution in [-0.2, 0) is 19.4 Å². The maximum Gasteiger partial charge on any atom is 0.265 e. The molecule has 0 saturated carbocycles. The Hall–Kier alpha value is -2.47. The fraction of sp³-hybridized carbons (Fsp3) is 0.263. The summed E-state index contributed by atoms with van der Waals surface area (Å²) in [7, 11) is -4.19. The Kier molecular flexibility index (Phi) is 5.30. The molecular weight excluding hydrogens is 438 g/mol. The van der Waals surface area contributed by atoms with Crippen LogP contribution in [0.25, 0.3) is 20.8 Å². The Balaban J connectivity index is 1.80. The molecule has 3 aromatic rings. The lowest BCUT2D eigenvalue weighted by Crippen LogP contribution is -2.54. The van der Waals surface area contributed by atoms with Crippen LogP contribution in [0.15, 0.2) is 41.3 Å². The lowest BCUT2D eigenvalue weighted by molar-refractivity contribution is -0.134. The summed E-state index contributed by atoms with van der Waals surface area (Å²) >= 11 is 1.05. The number of nitrogens with one attached hydrogen (secondary N) is 1. The van der Waals surface area contributed by atoms with Gasteiger partial charge in [0.2, 0.25) is 0 Å². The molecule has 158 valence electrons. The number of rotatable bonds is 4. The molecule has 0 unspecified atom stereocenters. The predicted octanol–water partition coefficient (Wildman–Crippen LogP) is 3.07. The number of amides is 1. The van der Waals surface area contributed by atoms with Gasteiger partial charge < -0.3 is 4.74 Å². The van der Waals surface area contributed by atoms with E-state index in [0.29, 0.717) is 10.2 Å². The maximum atomic E-state index is 14.1. The Labute approximate surface area is 174 Å². The van der Waals surface area contributed by atoms with Crippen molar-refractivity contribution in [2.75, 3.05) is 13.2 Å². The van der Waals surface area contributed by atoms with Gasteiger partial charge in [-0.25, -0.2) is 27.7 Å².